The van der Waals surface area contributed by atoms with Crippen LogP contribution >= 0.6 is 0 Å². The minimum Gasteiger partial charge on any atom is -0.469 e. The van der Waals surface area contributed by atoms with Crippen molar-refractivity contribution in [1.29, 1.82) is 0 Å². The van der Waals surface area contributed by atoms with Crippen molar-refractivity contribution in [3.05, 3.63) is 23.8 Å². The summed E-state index contributed by atoms with van der Waals surface area (Å²) in [5, 5.41) is 10.3. The summed E-state index contributed by atoms with van der Waals surface area (Å²) in [6, 6.07) is 0. The molecule has 2 aliphatic carbocycles. The molecule has 1 N–H and O–H groups in total. The highest BCUT2D eigenvalue weighted by atomic mass is 19.1. The molecule has 1 heterocycles. The maximum Gasteiger partial charge on any atom is 0.305 e. The van der Waals surface area contributed by atoms with Gasteiger partial charge in [-0.05, 0) is 69.6 Å². The van der Waals surface area contributed by atoms with Crippen LogP contribution in [0.15, 0.2) is 23.8 Å². The van der Waals surface area contributed by atoms with Crippen LogP contribution in [0, 0.1) is 17.8 Å². The lowest BCUT2D eigenvalue weighted by molar-refractivity contribution is -0.193. The van der Waals surface area contributed by atoms with Crippen LogP contribution < -0.4 is 0 Å². The second-order valence-electron chi connectivity index (χ2n) is 9.98. The fraction of sp³-hybridized carbons (Fsp3) is 0.815. The van der Waals surface area contributed by atoms with Gasteiger partial charge in [0.1, 0.15) is 12.3 Å². The molecule has 1 saturated heterocycles. The van der Waals surface area contributed by atoms with E-state index in [4.69, 9.17) is 14.2 Å². The first-order chi connectivity index (χ1) is 16.0. The summed E-state index contributed by atoms with van der Waals surface area (Å²) in [7, 11) is 1.43. The average molecular weight is 467 g/mol. The Morgan fingerprint density at radius 1 is 1.30 bits per heavy atom. The summed E-state index contributed by atoms with van der Waals surface area (Å²) in [4.78, 5) is 11.3. The molecular formula is C27H43FO5. The summed E-state index contributed by atoms with van der Waals surface area (Å²) in [5.41, 5.74) is 1.45. The molecule has 2 saturated carbocycles. The van der Waals surface area contributed by atoms with Gasteiger partial charge < -0.3 is 19.3 Å². The number of carbonyl (C=O) groups is 1. The second-order valence-corrected chi connectivity index (χ2v) is 9.98. The normalized spacial score (nSPS) is 32.8. The van der Waals surface area contributed by atoms with Crippen molar-refractivity contribution < 1.29 is 28.5 Å². The first-order valence-corrected chi connectivity index (χ1v) is 13.0. The van der Waals surface area contributed by atoms with Gasteiger partial charge in [0.25, 0.3) is 0 Å². The van der Waals surface area contributed by atoms with Gasteiger partial charge >= 0.3 is 5.97 Å². The Bertz CT molecular complexity index is 657. The van der Waals surface area contributed by atoms with Crippen LogP contribution in [0.3, 0.4) is 0 Å². The van der Waals surface area contributed by atoms with Crippen molar-refractivity contribution in [2.75, 3.05) is 13.7 Å². The van der Waals surface area contributed by atoms with Crippen LogP contribution in [0.1, 0.15) is 84.0 Å². The minimum atomic E-state index is -1.21. The predicted octanol–water partition coefficient (Wildman–Crippen LogP) is 5.66. The van der Waals surface area contributed by atoms with Crippen molar-refractivity contribution in [3.8, 4) is 0 Å². The largest absolute Gasteiger partial charge is 0.469 e. The highest BCUT2D eigenvalue weighted by Crippen LogP contribution is 2.52. The number of carbonyl (C=O) groups excluding carboxylic acids is 1. The molecule has 0 radical (unpaired) electrons. The Morgan fingerprint density at radius 3 is 2.88 bits per heavy atom. The number of aliphatic hydroxyl groups is 1. The van der Waals surface area contributed by atoms with Crippen molar-refractivity contribution >= 4 is 5.97 Å². The molecule has 1 aliphatic heterocycles. The molecule has 0 aromatic rings. The number of unbranched alkanes of at least 4 members (excludes halogenated alkanes) is 2. The van der Waals surface area contributed by atoms with E-state index in [9.17, 15) is 14.3 Å². The number of methoxy groups -OCH3 is 1. The van der Waals surface area contributed by atoms with E-state index in [0.717, 1.165) is 70.8 Å². The molecule has 188 valence electrons. The Hall–Kier alpha value is -1.24. The number of esters is 1. The quantitative estimate of drug-likeness (QED) is 0.228. The maximum absolute atomic E-state index is 14.3. The van der Waals surface area contributed by atoms with Gasteiger partial charge in [-0.25, -0.2) is 4.39 Å². The first-order valence-electron chi connectivity index (χ1n) is 13.0. The topological polar surface area (TPSA) is 65.0 Å². The summed E-state index contributed by atoms with van der Waals surface area (Å²) in [5.74, 6) is 0.992. The second kappa shape index (κ2) is 13.6. The van der Waals surface area contributed by atoms with E-state index in [0.29, 0.717) is 24.7 Å². The molecule has 5 nitrogen and oxygen atoms in total. The molecule has 0 aromatic carbocycles. The maximum atomic E-state index is 14.3. The van der Waals surface area contributed by atoms with Crippen LogP contribution in [-0.4, -0.2) is 49.5 Å². The van der Waals surface area contributed by atoms with E-state index < -0.39 is 12.3 Å². The third-order valence-electron chi connectivity index (χ3n) is 7.53. The predicted molar refractivity (Wildman–Crippen MR) is 126 cm³/mol. The molecule has 7 unspecified atom stereocenters. The number of hydrogen-bond donors (Lipinski definition) is 1. The number of hydrogen-bond acceptors (Lipinski definition) is 5. The zero-order valence-electron chi connectivity index (χ0n) is 20.4. The Kier molecular flexibility index (Phi) is 10.9. The SMILES string of the molecule is CCCCC(F)C(O)/C=C/C1C(OC2CCCCO2)CC2C/C(=C\CCCC(=O)OC)CC21. The molecule has 0 aromatic heterocycles. The van der Waals surface area contributed by atoms with Gasteiger partial charge in [-0.3, -0.25) is 4.79 Å². The van der Waals surface area contributed by atoms with Crippen LogP contribution in [0.2, 0.25) is 0 Å². The Balaban J connectivity index is 1.61. The van der Waals surface area contributed by atoms with E-state index in [1.54, 1.807) is 6.08 Å². The molecule has 0 spiro atoms. The molecular weight excluding hydrogens is 423 g/mol. The number of aliphatic hydroxyl groups excluding tert-OH is 1. The van der Waals surface area contributed by atoms with Crippen molar-refractivity contribution in [3.63, 3.8) is 0 Å². The van der Waals surface area contributed by atoms with Crippen LogP contribution in [0.5, 0.6) is 0 Å². The van der Waals surface area contributed by atoms with Crippen LogP contribution in [0.25, 0.3) is 0 Å². The number of rotatable bonds is 12. The smallest absolute Gasteiger partial charge is 0.305 e. The summed E-state index contributed by atoms with van der Waals surface area (Å²) < 4.78 is 31.3. The Morgan fingerprint density at radius 2 is 2.15 bits per heavy atom. The molecule has 7 atom stereocenters. The lowest BCUT2D eigenvalue weighted by Crippen LogP contribution is -2.31. The van der Waals surface area contributed by atoms with Gasteiger partial charge in [-0.1, -0.05) is 43.6 Å². The third-order valence-corrected chi connectivity index (χ3v) is 7.53. The zero-order valence-corrected chi connectivity index (χ0v) is 20.4. The van der Waals surface area contributed by atoms with Gasteiger partial charge in [0.15, 0.2) is 6.29 Å². The van der Waals surface area contributed by atoms with E-state index in [-0.39, 0.29) is 24.3 Å². The lowest BCUT2D eigenvalue weighted by Gasteiger charge is -2.29. The van der Waals surface area contributed by atoms with Crippen LogP contribution in [0.4, 0.5) is 4.39 Å². The number of halogens is 1. The lowest BCUT2D eigenvalue weighted by atomic mass is 9.90. The Labute approximate surface area is 198 Å². The number of ether oxygens (including phenoxy) is 3. The van der Waals surface area contributed by atoms with Gasteiger partial charge in [-0.15, -0.1) is 0 Å². The zero-order chi connectivity index (χ0) is 23.6. The fourth-order valence-electron chi connectivity index (χ4n) is 5.66. The molecule has 3 rings (SSSR count). The van der Waals surface area contributed by atoms with E-state index in [2.05, 4.69) is 6.08 Å². The molecule has 0 amide bonds. The van der Waals surface area contributed by atoms with Crippen molar-refractivity contribution in [2.24, 2.45) is 17.8 Å². The monoisotopic (exact) mass is 466 g/mol. The number of alkyl halides is 1. The van der Waals surface area contributed by atoms with E-state index in [1.807, 2.05) is 13.0 Å². The third kappa shape index (κ3) is 7.90. The average Bonchev–Trinajstić information content (AvgIpc) is 3.36. The molecule has 3 aliphatic rings. The summed E-state index contributed by atoms with van der Waals surface area (Å²) in [6.07, 6.45) is 14.1. The minimum absolute atomic E-state index is 0.0566. The number of allylic oxidation sites excluding steroid dienone is 2. The standard InChI is InChI=1S/C27H43FO5/c1-3-4-10-23(28)24(29)14-13-21-22-17-19(9-5-6-11-26(30)31-2)16-20(22)18-25(21)33-27-12-7-8-15-32-27/h9,13-14,20-25,27,29H,3-8,10-12,15-18H2,1-2H3/b14-13+,19-9+. The first kappa shape index (κ1) is 26.4. The van der Waals surface area contributed by atoms with Gasteiger partial charge in [-0.2, -0.15) is 0 Å². The van der Waals surface area contributed by atoms with E-state index >= 15 is 0 Å². The van der Waals surface area contributed by atoms with Gasteiger partial charge in [0.05, 0.1) is 13.2 Å². The number of fused-ring (bicyclic) bond motifs is 1. The highest BCUT2D eigenvalue weighted by molar-refractivity contribution is 5.69. The summed E-state index contributed by atoms with van der Waals surface area (Å²) in [6.45, 7) is 2.78. The van der Waals surface area contributed by atoms with Gasteiger partial charge in [0.2, 0.25) is 0 Å². The molecule has 33 heavy (non-hydrogen) atoms. The fourth-order valence-corrected chi connectivity index (χ4v) is 5.66. The van der Waals surface area contributed by atoms with Crippen molar-refractivity contribution in [1.82, 2.24) is 0 Å². The summed E-state index contributed by atoms with van der Waals surface area (Å²) >= 11 is 0. The van der Waals surface area contributed by atoms with Gasteiger partial charge in [0, 0.05) is 18.9 Å². The molecule has 6 heteroatoms. The van der Waals surface area contributed by atoms with Crippen LogP contribution in [-0.2, 0) is 19.0 Å². The van der Waals surface area contributed by atoms with E-state index in [1.165, 1.54) is 12.7 Å². The molecule has 0 bridgehead atoms. The van der Waals surface area contributed by atoms with Crippen molar-refractivity contribution in [2.45, 2.75) is 109 Å². The molecule has 3 fully saturated rings. The highest BCUT2D eigenvalue weighted by Gasteiger charge is 2.47.